The van der Waals surface area contributed by atoms with Gasteiger partial charge in [0.1, 0.15) is 6.61 Å². The molecule has 6 nitrogen and oxygen atoms in total. The van der Waals surface area contributed by atoms with Crippen LogP contribution in [-0.2, 0) is 9.53 Å². The van der Waals surface area contributed by atoms with E-state index in [0.717, 1.165) is 4.90 Å². The zero-order valence-electron chi connectivity index (χ0n) is 15.0. The number of carbonyl (C=O) groups is 2. The summed E-state index contributed by atoms with van der Waals surface area (Å²) >= 11 is 7.49. The number of hydrogen-bond donors (Lipinski definition) is 1. The van der Waals surface area contributed by atoms with Crippen LogP contribution >= 0.6 is 23.4 Å². The van der Waals surface area contributed by atoms with Crippen molar-refractivity contribution in [2.45, 2.75) is 4.90 Å². The summed E-state index contributed by atoms with van der Waals surface area (Å²) in [5, 5.41) is 2.90. The normalized spacial score (nSPS) is 10.2. The molecule has 2 aromatic carbocycles. The Morgan fingerprint density at radius 1 is 1.15 bits per heavy atom. The van der Waals surface area contributed by atoms with Gasteiger partial charge in [-0.3, -0.25) is 4.79 Å². The fourth-order valence-electron chi connectivity index (χ4n) is 2.14. The first-order valence-corrected chi connectivity index (χ1v) is 9.68. The number of rotatable bonds is 9. The first kappa shape index (κ1) is 20.9. The van der Waals surface area contributed by atoms with E-state index in [1.54, 1.807) is 37.4 Å². The smallest absolute Gasteiger partial charge is 0.340 e. The maximum absolute atomic E-state index is 12.1. The van der Waals surface area contributed by atoms with Crippen LogP contribution in [0.15, 0.2) is 47.4 Å². The first-order chi connectivity index (χ1) is 13.0. The number of amides is 1. The second kappa shape index (κ2) is 10.7. The highest BCUT2D eigenvalue weighted by atomic mass is 35.5. The van der Waals surface area contributed by atoms with Gasteiger partial charge in [-0.05, 0) is 36.6 Å². The minimum Gasteiger partial charge on any atom is -0.493 e. The van der Waals surface area contributed by atoms with Crippen molar-refractivity contribution in [1.29, 1.82) is 0 Å². The Hall–Kier alpha value is -2.38. The Bertz CT molecular complexity index is 799. The van der Waals surface area contributed by atoms with Crippen molar-refractivity contribution in [3.8, 4) is 11.5 Å². The van der Waals surface area contributed by atoms with Crippen LogP contribution in [-0.4, -0.2) is 45.0 Å². The summed E-state index contributed by atoms with van der Waals surface area (Å²) < 4.78 is 15.7. The number of benzene rings is 2. The Balaban J connectivity index is 1.74. The quantitative estimate of drug-likeness (QED) is 0.388. The summed E-state index contributed by atoms with van der Waals surface area (Å²) in [5.41, 5.74) is 0.232. The summed E-state index contributed by atoms with van der Waals surface area (Å²) in [6.45, 7) is 0.117. The molecule has 0 fully saturated rings. The van der Waals surface area contributed by atoms with Gasteiger partial charge in [0.15, 0.2) is 18.1 Å². The molecule has 0 aliphatic heterocycles. The zero-order valence-corrected chi connectivity index (χ0v) is 16.6. The average molecular weight is 410 g/mol. The van der Waals surface area contributed by atoms with E-state index in [1.807, 2.05) is 18.4 Å². The predicted octanol–water partition coefficient (Wildman–Crippen LogP) is 3.42. The van der Waals surface area contributed by atoms with Crippen molar-refractivity contribution in [3.63, 3.8) is 0 Å². The third-order valence-corrected chi connectivity index (χ3v) is 4.53. The number of ether oxygens (including phenoxy) is 3. The maximum Gasteiger partial charge on any atom is 0.340 e. The van der Waals surface area contributed by atoms with E-state index in [2.05, 4.69) is 5.32 Å². The van der Waals surface area contributed by atoms with Crippen LogP contribution in [0.1, 0.15) is 10.4 Å². The minimum atomic E-state index is -0.642. The Labute approximate surface area is 167 Å². The molecule has 1 N–H and O–H groups in total. The Morgan fingerprint density at radius 3 is 2.59 bits per heavy atom. The summed E-state index contributed by atoms with van der Waals surface area (Å²) in [4.78, 5) is 24.8. The second-order valence-electron chi connectivity index (χ2n) is 5.27. The maximum atomic E-state index is 12.1. The van der Waals surface area contributed by atoms with Crippen LogP contribution < -0.4 is 14.8 Å². The van der Waals surface area contributed by atoms with Crippen LogP contribution in [0.2, 0.25) is 5.02 Å². The molecule has 0 spiro atoms. The molecule has 1 amide bonds. The molecule has 144 valence electrons. The number of nitrogens with one attached hydrogen (secondary N) is 1. The molecule has 27 heavy (non-hydrogen) atoms. The summed E-state index contributed by atoms with van der Waals surface area (Å²) in [5.74, 6) is 0.131. The number of hydrogen-bond acceptors (Lipinski definition) is 6. The van der Waals surface area contributed by atoms with Crippen LogP contribution in [0, 0.1) is 0 Å². The molecule has 0 saturated carbocycles. The van der Waals surface area contributed by atoms with Gasteiger partial charge >= 0.3 is 5.97 Å². The van der Waals surface area contributed by atoms with E-state index in [0.29, 0.717) is 11.5 Å². The van der Waals surface area contributed by atoms with Gasteiger partial charge in [-0.2, -0.15) is 0 Å². The van der Waals surface area contributed by atoms with Gasteiger partial charge in [-0.15, -0.1) is 11.8 Å². The number of thioether (sulfide) groups is 1. The summed E-state index contributed by atoms with van der Waals surface area (Å²) in [7, 11) is 1.56. The van der Waals surface area contributed by atoms with Gasteiger partial charge in [-0.25, -0.2) is 4.79 Å². The molecule has 8 heteroatoms. The number of halogens is 1. The van der Waals surface area contributed by atoms with Crippen LogP contribution in [0.5, 0.6) is 11.5 Å². The zero-order chi connectivity index (χ0) is 19.6. The van der Waals surface area contributed by atoms with Gasteiger partial charge in [0.25, 0.3) is 5.91 Å². The molecule has 0 aliphatic rings. The highest BCUT2D eigenvalue weighted by Gasteiger charge is 2.14. The lowest BCUT2D eigenvalue weighted by Crippen LogP contribution is -2.32. The van der Waals surface area contributed by atoms with Gasteiger partial charge in [0, 0.05) is 4.90 Å². The van der Waals surface area contributed by atoms with Gasteiger partial charge in [0.2, 0.25) is 0 Å². The fraction of sp³-hybridized carbons (Fsp3) is 0.263. The van der Waals surface area contributed by atoms with Crippen LogP contribution in [0.4, 0.5) is 0 Å². The third kappa shape index (κ3) is 6.37. The number of methoxy groups -OCH3 is 1. The molecular formula is C19H20ClNO5S. The summed E-state index contributed by atoms with van der Waals surface area (Å²) in [6, 6.07) is 12.3. The van der Waals surface area contributed by atoms with E-state index in [4.69, 9.17) is 25.8 Å². The topological polar surface area (TPSA) is 73.9 Å². The summed E-state index contributed by atoms with van der Waals surface area (Å²) in [6.07, 6.45) is 1.89. The molecule has 0 unspecified atom stereocenters. The van der Waals surface area contributed by atoms with Crippen molar-refractivity contribution < 1.29 is 23.8 Å². The molecule has 2 rings (SSSR count). The lowest BCUT2D eigenvalue weighted by Gasteiger charge is -2.11. The number of para-hydroxylation sites is 2. The van der Waals surface area contributed by atoms with Crippen LogP contribution in [0.25, 0.3) is 0 Å². The van der Waals surface area contributed by atoms with E-state index < -0.39 is 18.5 Å². The molecule has 0 atom stereocenters. The second-order valence-corrected chi connectivity index (χ2v) is 6.56. The molecule has 0 aliphatic carbocycles. The molecule has 2 aromatic rings. The Kier molecular flexibility index (Phi) is 8.29. The first-order valence-electron chi connectivity index (χ1n) is 8.08. The molecule has 0 heterocycles. The monoisotopic (exact) mass is 409 g/mol. The van der Waals surface area contributed by atoms with Gasteiger partial charge in [0.05, 0.1) is 24.2 Å². The predicted molar refractivity (Wildman–Crippen MR) is 105 cm³/mol. The SMILES string of the molecule is COc1ccccc1OCCNC(=O)COC(=O)c1cc(SC)ccc1Cl. The standard InChI is InChI=1S/C19H20ClNO5S/c1-24-16-5-3-4-6-17(16)25-10-9-21-18(22)12-26-19(23)14-11-13(27-2)7-8-15(14)20/h3-8,11H,9-10,12H2,1-2H3,(H,21,22). The highest BCUT2D eigenvalue weighted by molar-refractivity contribution is 7.98. The van der Waals surface area contributed by atoms with Crippen molar-refractivity contribution in [2.75, 3.05) is 33.1 Å². The van der Waals surface area contributed by atoms with E-state index >= 15 is 0 Å². The van der Waals surface area contributed by atoms with Crippen molar-refractivity contribution in [1.82, 2.24) is 5.32 Å². The van der Waals surface area contributed by atoms with E-state index in [1.165, 1.54) is 11.8 Å². The lowest BCUT2D eigenvalue weighted by molar-refractivity contribution is -0.124. The lowest BCUT2D eigenvalue weighted by atomic mass is 10.2. The molecule has 0 radical (unpaired) electrons. The largest absolute Gasteiger partial charge is 0.493 e. The minimum absolute atomic E-state index is 0.232. The molecule has 0 bridgehead atoms. The number of carbonyl (C=O) groups excluding carboxylic acids is 2. The van der Waals surface area contributed by atoms with Gasteiger partial charge < -0.3 is 19.5 Å². The number of esters is 1. The van der Waals surface area contributed by atoms with Crippen molar-refractivity contribution in [3.05, 3.63) is 53.1 Å². The van der Waals surface area contributed by atoms with E-state index in [9.17, 15) is 9.59 Å². The third-order valence-electron chi connectivity index (χ3n) is 3.48. The van der Waals surface area contributed by atoms with Crippen molar-refractivity contribution >= 4 is 35.2 Å². The molecule has 0 saturated heterocycles. The average Bonchev–Trinajstić information content (AvgIpc) is 2.70. The Morgan fingerprint density at radius 2 is 1.89 bits per heavy atom. The fourth-order valence-corrected chi connectivity index (χ4v) is 2.77. The van der Waals surface area contributed by atoms with Gasteiger partial charge in [-0.1, -0.05) is 23.7 Å². The highest BCUT2D eigenvalue weighted by Crippen LogP contribution is 2.25. The van der Waals surface area contributed by atoms with E-state index in [-0.39, 0.29) is 23.7 Å². The molecule has 0 aromatic heterocycles. The van der Waals surface area contributed by atoms with Crippen LogP contribution in [0.3, 0.4) is 0 Å². The molecular weight excluding hydrogens is 390 g/mol. The van der Waals surface area contributed by atoms with Crippen molar-refractivity contribution in [2.24, 2.45) is 0 Å².